The fourth-order valence-corrected chi connectivity index (χ4v) is 8.18. The molecule has 0 aliphatic heterocycles. The molecule has 0 aliphatic carbocycles. The third kappa shape index (κ3) is 5.31. The largest absolute Gasteiger partial charge is 0.452 e. The summed E-state index contributed by atoms with van der Waals surface area (Å²) in [7, 11) is 0. The lowest BCUT2D eigenvalue weighted by atomic mass is 9.96. The van der Waals surface area contributed by atoms with E-state index in [9.17, 15) is 0 Å². The summed E-state index contributed by atoms with van der Waals surface area (Å²) in [4.78, 5) is 10.4. The molecule has 0 spiro atoms. The minimum Gasteiger partial charge on any atom is -0.452 e. The van der Waals surface area contributed by atoms with Gasteiger partial charge in [0.1, 0.15) is 16.8 Å². The van der Waals surface area contributed by atoms with Crippen LogP contribution >= 0.6 is 0 Å². The third-order valence-electron chi connectivity index (χ3n) is 10.8. The molecule has 4 heteroatoms. The van der Waals surface area contributed by atoms with Crippen LogP contribution in [-0.2, 0) is 0 Å². The maximum Gasteiger partial charge on any atom is 0.180 e. The number of benzene rings is 8. The maximum absolute atomic E-state index is 6.72. The molecular weight excluding hydrogens is 683 g/mol. The van der Waals surface area contributed by atoms with Crippen LogP contribution in [-0.4, -0.2) is 14.5 Å². The van der Waals surface area contributed by atoms with Crippen molar-refractivity contribution in [2.24, 2.45) is 0 Å². The standard InChI is InChI=1S/C52H33N3O/c1-3-14-34(15-4-1)35-28-30-36(31-29-35)49-51-50(54-52(53-49)37-16-5-2-6-17-37)48-42(24-13-27-47(48)56-51)40-20-11-18-38(32-40)39-19-12-21-41(33-39)55-45-25-9-7-22-43(45)44-23-8-10-26-46(44)55/h1-33H. The molecule has 56 heavy (non-hydrogen) atoms. The van der Waals surface area contributed by atoms with Gasteiger partial charge in [-0.15, -0.1) is 0 Å². The van der Waals surface area contributed by atoms with Gasteiger partial charge in [0.15, 0.2) is 11.4 Å². The second kappa shape index (κ2) is 13.1. The second-order valence-electron chi connectivity index (χ2n) is 14.2. The molecule has 3 aromatic heterocycles. The molecule has 0 unspecified atom stereocenters. The first-order chi connectivity index (χ1) is 27.8. The van der Waals surface area contributed by atoms with Crippen LogP contribution in [0.2, 0.25) is 0 Å². The van der Waals surface area contributed by atoms with E-state index >= 15 is 0 Å². The van der Waals surface area contributed by atoms with Gasteiger partial charge in [-0.2, -0.15) is 0 Å². The average Bonchev–Trinajstić information content (AvgIpc) is 3.83. The number of furan rings is 1. The molecule has 0 atom stereocenters. The van der Waals surface area contributed by atoms with Crippen LogP contribution in [0.5, 0.6) is 0 Å². The van der Waals surface area contributed by atoms with Crippen molar-refractivity contribution in [2.45, 2.75) is 0 Å². The Hall–Kier alpha value is -7.56. The number of nitrogens with zero attached hydrogens (tertiary/aromatic N) is 3. The van der Waals surface area contributed by atoms with Crippen molar-refractivity contribution in [3.63, 3.8) is 0 Å². The van der Waals surface area contributed by atoms with Crippen LogP contribution in [0.15, 0.2) is 205 Å². The maximum atomic E-state index is 6.72. The summed E-state index contributed by atoms with van der Waals surface area (Å²) in [5.41, 5.74) is 15.2. The third-order valence-corrected chi connectivity index (χ3v) is 10.8. The second-order valence-corrected chi connectivity index (χ2v) is 14.2. The zero-order valence-corrected chi connectivity index (χ0v) is 30.3. The van der Waals surface area contributed by atoms with E-state index in [2.05, 4.69) is 174 Å². The van der Waals surface area contributed by atoms with Crippen LogP contribution in [0.1, 0.15) is 0 Å². The molecule has 0 aliphatic rings. The van der Waals surface area contributed by atoms with Gasteiger partial charge >= 0.3 is 0 Å². The molecule has 0 bridgehead atoms. The molecule has 0 fully saturated rings. The fourth-order valence-electron chi connectivity index (χ4n) is 8.18. The first kappa shape index (κ1) is 31.9. The van der Waals surface area contributed by atoms with Crippen molar-refractivity contribution in [1.82, 2.24) is 14.5 Å². The van der Waals surface area contributed by atoms with Crippen LogP contribution < -0.4 is 0 Å². The summed E-state index contributed by atoms with van der Waals surface area (Å²) in [6, 6.07) is 70.3. The lowest BCUT2D eigenvalue weighted by Gasteiger charge is -2.12. The summed E-state index contributed by atoms with van der Waals surface area (Å²) >= 11 is 0. The summed E-state index contributed by atoms with van der Waals surface area (Å²) < 4.78 is 9.09. The zero-order valence-electron chi connectivity index (χ0n) is 30.3. The van der Waals surface area contributed by atoms with Gasteiger partial charge in [0.05, 0.1) is 16.4 Å². The molecule has 0 amide bonds. The summed E-state index contributed by atoms with van der Waals surface area (Å²) in [6.45, 7) is 0. The number of fused-ring (bicyclic) bond motifs is 6. The Kier molecular flexibility index (Phi) is 7.46. The Balaban J connectivity index is 1.06. The monoisotopic (exact) mass is 715 g/mol. The molecule has 262 valence electrons. The van der Waals surface area contributed by atoms with Crippen LogP contribution in [0.3, 0.4) is 0 Å². The van der Waals surface area contributed by atoms with Crippen molar-refractivity contribution in [2.75, 3.05) is 0 Å². The fraction of sp³-hybridized carbons (Fsp3) is 0. The predicted molar refractivity (Wildman–Crippen MR) is 231 cm³/mol. The lowest BCUT2D eigenvalue weighted by molar-refractivity contribution is 0.667. The van der Waals surface area contributed by atoms with E-state index in [0.29, 0.717) is 11.4 Å². The van der Waals surface area contributed by atoms with Crippen LogP contribution in [0, 0.1) is 0 Å². The van der Waals surface area contributed by atoms with Gasteiger partial charge < -0.3 is 8.98 Å². The van der Waals surface area contributed by atoms with Gasteiger partial charge in [0.25, 0.3) is 0 Å². The Morgan fingerprint density at radius 1 is 0.393 bits per heavy atom. The Morgan fingerprint density at radius 2 is 0.946 bits per heavy atom. The highest BCUT2D eigenvalue weighted by Gasteiger charge is 2.21. The smallest absolute Gasteiger partial charge is 0.180 e. The molecule has 3 heterocycles. The summed E-state index contributed by atoms with van der Waals surface area (Å²) in [5.74, 6) is 0.661. The van der Waals surface area contributed by atoms with E-state index in [-0.39, 0.29) is 0 Å². The number of hydrogen-bond donors (Lipinski definition) is 0. The van der Waals surface area contributed by atoms with Crippen molar-refractivity contribution < 1.29 is 4.42 Å². The number of hydrogen-bond acceptors (Lipinski definition) is 3. The van der Waals surface area contributed by atoms with Gasteiger partial charge in [-0.25, -0.2) is 9.97 Å². The summed E-state index contributed by atoms with van der Waals surface area (Å²) in [5, 5.41) is 3.48. The predicted octanol–water partition coefficient (Wildman–Crippen LogP) is 13.8. The van der Waals surface area contributed by atoms with Gasteiger partial charge in [-0.3, -0.25) is 0 Å². The van der Waals surface area contributed by atoms with Gasteiger partial charge in [-0.05, 0) is 69.8 Å². The Morgan fingerprint density at radius 3 is 1.68 bits per heavy atom. The highest BCUT2D eigenvalue weighted by Crippen LogP contribution is 2.41. The first-order valence-electron chi connectivity index (χ1n) is 18.9. The van der Waals surface area contributed by atoms with Crippen molar-refractivity contribution in [1.29, 1.82) is 0 Å². The highest BCUT2D eigenvalue weighted by molar-refractivity contribution is 6.14. The van der Waals surface area contributed by atoms with E-state index in [0.717, 1.165) is 66.8 Å². The Bertz CT molecular complexity index is 3180. The topological polar surface area (TPSA) is 43.9 Å². The minimum atomic E-state index is 0.661. The number of rotatable bonds is 6. The van der Waals surface area contributed by atoms with E-state index < -0.39 is 0 Å². The highest BCUT2D eigenvalue weighted by atomic mass is 16.3. The molecule has 11 aromatic rings. The Labute approximate surface area is 323 Å². The molecule has 0 saturated carbocycles. The average molecular weight is 716 g/mol. The quantitative estimate of drug-likeness (QED) is 0.172. The normalized spacial score (nSPS) is 11.6. The molecule has 4 nitrogen and oxygen atoms in total. The van der Waals surface area contributed by atoms with Gasteiger partial charge in [-0.1, -0.05) is 164 Å². The summed E-state index contributed by atoms with van der Waals surface area (Å²) in [6.07, 6.45) is 0. The minimum absolute atomic E-state index is 0.661. The SMILES string of the molecule is c1ccc(-c2ccc(-c3nc(-c4ccccc4)nc4c3oc3cccc(-c5cccc(-c6cccc(-n7c8ccccc8c8ccccc87)c6)c5)c34)cc2)cc1. The molecule has 0 saturated heterocycles. The van der Waals surface area contributed by atoms with Crippen molar-refractivity contribution in [3.8, 4) is 61.7 Å². The van der Waals surface area contributed by atoms with Crippen molar-refractivity contribution in [3.05, 3.63) is 200 Å². The molecule has 0 N–H and O–H groups in total. The van der Waals surface area contributed by atoms with E-state index in [1.807, 2.05) is 30.3 Å². The lowest BCUT2D eigenvalue weighted by Crippen LogP contribution is -1.94. The molecule has 0 radical (unpaired) electrons. The first-order valence-corrected chi connectivity index (χ1v) is 18.9. The van der Waals surface area contributed by atoms with Crippen LogP contribution in [0.4, 0.5) is 0 Å². The van der Waals surface area contributed by atoms with Gasteiger partial charge in [0.2, 0.25) is 0 Å². The van der Waals surface area contributed by atoms with E-state index in [1.165, 1.54) is 27.4 Å². The number of para-hydroxylation sites is 2. The molecule has 8 aromatic carbocycles. The molecular formula is C52H33N3O. The van der Waals surface area contributed by atoms with E-state index in [1.54, 1.807) is 0 Å². The zero-order chi connectivity index (χ0) is 37.0. The molecule has 11 rings (SSSR count). The van der Waals surface area contributed by atoms with Crippen LogP contribution in [0.25, 0.3) is 106 Å². The number of aromatic nitrogens is 3. The van der Waals surface area contributed by atoms with E-state index in [4.69, 9.17) is 14.4 Å². The van der Waals surface area contributed by atoms with Gasteiger partial charge in [0, 0.05) is 27.6 Å². The van der Waals surface area contributed by atoms with Crippen molar-refractivity contribution >= 4 is 43.9 Å².